The van der Waals surface area contributed by atoms with Gasteiger partial charge in [-0.15, -0.1) is 0 Å². The van der Waals surface area contributed by atoms with Gasteiger partial charge in [0.2, 0.25) is 11.9 Å². The lowest BCUT2D eigenvalue weighted by atomic mass is 10.1. The molecule has 0 aromatic carbocycles. The number of rotatable bonds is 6. The van der Waals surface area contributed by atoms with E-state index in [9.17, 15) is 9.59 Å². The predicted octanol–water partition coefficient (Wildman–Crippen LogP) is -2.08. The average molecular weight is 343 g/mol. The molecular weight excluding hydrogens is 322 g/mol. The number of carboxylic acid groups (broad SMARTS) is 1. The number of imidazole rings is 1. The third-order valence-corrected chi connectivity index (χ3v) is 2.97. The minimum absolute atomic E-state index is 0. The molecule has 2 aromatic rings. The van der Waals surface area contributed by atoms with E-state index in [1.165, 1.54) is 6.33 Å². The topological polar surface area (TPSA) is 222 Å². The second-order valence-electron chi connectivity index (χ2n) is 5.01. The predicted molar refractivity (Wildman–Crippen MR) is 86.2 cm³/mol. The third-order valence-electron chi connectivity index (χ3n) is 2.97. The van der Waals surface area contributed by atoms with Gasteiger partial charge in [-0.05, 0) is 5.92 Å². The number of nitrogens with zero attached hydrogens (tertiary/aromatic N) is 3. The van der Waals surface area contributed by atoms with Crippen molar-refractivity contribution in [2.24, 2.45) is 5.92 Å². The summed E-state index contributed by atoms with van der Waals surface area (Å²) in [5.41, 5.74) is 6.45. The lowest BCUT2D eigenvalue weighted by Gasteiger charge is -2.18. The van der Waals surface area contributed by atoms with Gasteiger partial charge >= 0.3 is 5.97 Å². The van der Waals surface area contributed by atoms with Gasteiger partial charge in [0, 0.05) is 0 Å². The van der Waals surface area contributed by atoms with E-state index in [4.69, 9.17) is 10.8 Å². The van der Waals surface area contributed by atoms with Crippen LogP contribution >= 0.6 is 0 Å². The number of carbonyl (C=O) groups excluding carboxylic acids is 1. The first kappa shape index (κ1) is 21.0. The number of nitrogens with one attached hydrogen (secondary N) is 3. The number of amides is 1. The maximum atomic E-state index is 11.9. The van der Waals surface area contributed by atoms with Gasteiger partial charge in [0.05, 0.1) is 12.9 Å². The Labute approximate surface area is 136 Å². The second kappa shape index (κ2) is 8.59. The van der Waals surface area contributed by atoms with Crippen LogP contribution in [-0.4, -0.2) is 60.5 Å². The van der Waals surface area contributed by atoms with E-state index >= 15 is 0 Å². The maximum absolute atomic E-state index is 11.9. The molecule has 0 bridgehead atoms. The quantitative estimate of drug-likeness (QED) is 0.390. The summed E-state index contributed by atoms with van der Waals surface area (Å²) in [6.07, 6.45) is 1.43. The zero-order valence-electron chi connectivity index (χ0n) is 13.1. The highest BCUT2D eigenvalue weighted by Gasteiger charge is 2.23. The van der Waals surface area contributed by atoms with Crippen molar-refractivity contribution in [2.45, 2.75) is 19.9 Å². The Hall–Kier alpha value is -2.99. The van der Waals surface area contributed by atoms with Gasteiger partial charge in [-0.2, -0.15) is 9.97 Å². The normalized spacial score (nSPS) is 11.3. The largest absolute Gasteiger partial charge is 0.480 e. The molecule has 0 aliphatic rings. The SMILES string of the molecule is CC(C)[C@H](NC(=O)CNc1nc(N)nc2nc[nH]c12)C(=O)O.O.O. The van der Waals surface area contributed by atoms with Crippen LogP contribution < -0.4 is 16.4 Å². The fourth-order valence-corrected chi connectivity index (χ4v) is 1.88. The van der Waals surface area contributed by atoms with Crippen molar-refractivity contribution in [3.05, 3.63) is 6.33 Å². The van der Waals surface area contributed by atoms with E-state index < -0.39 is 17.9 Å². The van der Waals surface area contributed by atoms with Crippen molar-refractivity contribution >= 4 is 34.8 Å². The van der Waals surface area contributed by atoms with E-state index in [-0.39, 0.29) is 29.4 Å². The molecule has 0 saturated carbocycles. The number of aliphatic carboxylic acids is 1. The Bertz CT molecular complexity index is 702. The monoisotopic (exact) mass is 343 g/mol. The van der Waals surface area contributed by atoms with Gasteiger partial charge in [-0.25, -0.2) is 9.78 Å². The number of fused-ring (bicyclic) bond motifs is 1. The van der Waals surface area contributed by atoms with Crippen molar-refractivity contribution in [1.82, 2.24) is 25.3 Å². The molecule has 0 aliphatic carbocycles. The Morgan fingerprint density at radius 2 is 2.00 bits per heavy atom. The highest BCUT2D eigenvalue weighted by Crippen LogP contribution is 2.16. The summed E-state index contributed by atoms with van der Waals surface area (Å²) in [6, 6.07) is -0.947. The number of nitrogens with two attached hydrogens (primary N) is 1. The standard InChI is InChI=1S/C12H17N7O3.2H2O/c1-5(2)7(11(21)22)17-6(20)3-14-9-8-10(16-4-15-8)19-12(13)18-9;;/h4-5,7H,3H2,1-2H3,(H,17,20)(H,21,22)(H4,13,14,15,16,18,19);2*1H2/t7-;;/m0../s1. The minimum Gasteiger partial charge on any atom is -0.480 e. The molecule has 10 N–H and O–H groups in total. The van der Waals surface area contributed by atoms with Crippen LogP contribution in [0.25, 0.3) is 11.2 Å². The highest BCUT2D eigenvalue weighted by molar-refractivity contribution is 5.89. The summed E-state index contributed by atoms with van der Waals surface area (Å²) >= 11 is 0. The Morgan fingerprint density at radius 1 is 1.33 bits per heavy atom. The summed E-state index contributed by atoms with van der Waals surface area (Å²) in [4.78, 5) is 37.6. The van der Waals surface area contributed by atoms with Crippen molar-refractivity contribution in [1.29, 1.82) is 0 Å². The number of anilines is 2. The van der Waals surface area contributed by atoms with Gasteiger partial charge < -0.3 is 37.4 Å². The third kappa shape index (κ3) is 4.76. The molecule has 0 aliphatic heterocycles. The minimum atomic E-state index is -1.08. The molecule has 0 radical (unpaired) electrons. The van der Waals surface area contributed by atoms with Gasteiger partial charge in [0.15, 0.2) is 11.5 Å². The first-order valence-electron chi connectivity index (χ1n) is 6.61. The number of carboxylic acids is 1. The van der Waals surface area contributed by atoms with Crippen LogP contribution in [0.1, 0.15) is 13.8 Å². The van der Waals surface area contributed by atoms with Gasteiger partial charge in [-0.1, -0.05) is 13.8 Å². The summed E-state index contributed by atoms with van der Waals surface area (Å²) in [5, 5.41) is 14.3. The van der Waals surface area contributed by atoms with Crippen molar-refractivity contribution in [3.8, 4) is 0 Å². The van der Waals surface area contributed by atoms with Gasteiger partial charge in [0.1, 0.15) is 11.6 Å². The second-order valence-corrected chi connectivity index (χ2v) is 5.01. The zero-order valence-corrected chi connectivity index (χ0v) is 13.1. The first-order valence-corrected chi connectivity index (χ1v) is 6.61. The summed E-state index contributed by atoms with van der Waals surface area (Å²) in [6.45, 7) is 3.28. The van der Waals surface area contributed by atoms with Crippen LogP contribution in [0.2, 0.25) is 0 Å². The highest BCUT2D eigenvalue weighted by atomic mass is 16.4. The van der Waals surface area contributed by atoms with Crippen molar-refractivity contribution in [2.75, 3.05) is 17.6 Å². The number of nitrogen functional groups attached to an aromatic ring is 1. The van der Waals surface area contributed by atoms with Crippen LogP contribution in [0.15, 0.2) is 6.33 Å². The molecule has 0 fully saturated rings. The molecule has 0 spiro atoms. The van der Waals surface area contributed by atoms with E-state index in [1.54, 1.807) is 13.8 Å². The van der Waals surface area contributed by atoms with E-state index in [0.29, 0.717) is 17.0 Å². The van der Waals surface area contributed by atoms with Crippen LogP contribution in [0.3, 0.4) is 0 Å². The van der Waals surface area contributed by atoms with E-state index in [1.807, 2.05) is 0 Å². The Kier molecular flexibility index (Phi) is 7.52. The summed E-state index contributed by atoms with van der Waals surface area (Å²) in [5.74, 6) is -1.42. The maximum Gasteiger partial charge on any atom is 0.326 e. The Balaban J connectivity index is 0.00000264. The number of carbonyl (C=O) groups is 2. The molecule has 12 heteroatoms. The van der Waals surface area contributed by atoms with Crippen molar-refractivity contribution in [3.63, 3.8) is 0 Å². The number of H-pyrrole nitrogens is 1. The summed E-state index contributed by atoms with van der Waals surface area (Å²) in [7, 11) is 0. The molecule has 0 saturated heterocycles. The lowest BCUT2D eigenvalue weighted by Crippen LogP contribution is -2.46. The first-order chi connectivity index (χ1) is 10.4. The molecule has 2 aromatic heterocycles. The number of hydrogen-bond acceptors (Lipinski definition) is 7. The fraction of sp³-hybridized carbons (Fsp3) is 0.417. The molecule has 0 unspecified atom stereocenters. The molecular formula is C12H21N7O5. The molecule has 1 atom stereocenters. The fourth-order valence-electron chi connectivity index (χ4n) is 1.88. The number of aromatic nitrogens is 4. The summed E-state index contributed by atoms with van der Waals surface area (Å²) < 4.78 is 0. The zero-order chi connectivity index (χ0) is 16.3. The molecule has 2 heterocycles. The Morgan fingerprint density at radius 3 is 2.58 bits per heavy atom. The van der Waals surface area contributed by atoms with Crippen molar-refractivity contribution < 1.29 is 25.6 Å². The number of aromatic amines is 1. The van der Waals surface area contributed by atoms with Crippen LogP contribution in [-0.2, 0) is 9.59 Å². The molecule has 134 valence electrons. The van der Waals surface area contributed by atoms with Crippen LogP contribution in [0.5, 0.6) is 0 Å². The van der Waals surface area contributed by atoms with Gasteiger partial charge in [-0.3, -0.25) is 4.79 Å². The van der Waals surface area contributed by atoms with Crippen LogP contribution in [0.4, 0.5) is 11.8 Å². The lowest BCUT2D eigenvalue weighted by molar-refractivity contribution is -0.142. The van der Waals surface area contributed by atoms with Crippen LogP contribution in [0, 0.1) is 5.92 Å². The van der Waals surface area contributed by atoms with E-state index in [0.717, 1.165) is 0 Å². The van der Waals surface area contributed by atoms with E-state index in [2.05, 4.69) is 30.6 Å². The molecule has 2 rings (SSSR count). The average Bonchev–Trinajstić information content (AvgIpc) is 2.89. The molecule has 1 amide bonds. The molecule has 12 nitrogen and oxygen atoms in total. The van der Waals surface area contributed by atoms with Gasteiger partial charge in [0.25, 0.3) is 0 Å². The molecule has 24 heavy (non-hydrogen) atoms. The number of hydrogen-bond donors (Lipinski definition) is 5. The smallest absolute Gasteiger partial charge is 0.326 e.